The molecule has 0 aliphatic carbocycles. The molecule has 0 saturated heterocycles. The zero-order valence-corrected chi connectivity index (χ0v) is 14.1. The number of hydrogen-bond acceptors (Lipinski definition) is 3. The molecule has 1 aromatic heterocycles. The van der Waals surface area contributed by atoms with Crippen LogP contribution in [0, 0.1) is 13.8 Å². The van der Waals surface area contributed by atoms with Gasteiger partial charge in [0.15, 0.2) is 0 Å². The summed E-state index contributed by atoms with van der Waals surface area (Å²) in [7, 11) is 0. The van der Waals surface area contributed by atoms with Crippen LogP contribution in [0.5, 0.6) is 0 Å². The van der Waals surface area contributed by atoms with Gasteiger partial charge in [-0.2, -0.15) is 5.10 Å². The first-order chi connectivity index (χ1) is 9.88. The van der Waals surface area contributed by atoms with Crippen molar-refractivity contribution in [3.63, 3.8) is 0 Å². The van der Waals surface area contributed by atoms with Crippen molar-refractivity contribution >= 4 is 44.7 Å². The third kappa shape index (κ3) is 3.68. The maximum atomic E-state index is 12.0. The molecule has 0 aliphatic rings. The van der Waals surface area contributed by atoms with Crippen molar-refractivity contribution in [1.29, 1.82) is 0 Å². The first-order valence-electron chi connectivity index (χ1n) is 6.27. The summed E-state index contributed by atoms with van der Waals surface area (Å²) in [6.07, 6.45) is 0. The summed E-state index contributed by atoms with van der Waals surface area (Å²) < 4.78 is 2.59. The number of carbonyl (C=O) groups is 1. The second-order valence-electron chi connectivity index (χ2n) is 4.63. The molecule has 0 bridgehead atoms. The Labute approximate surface area is 136 Å². The molecule has 110 valence electrons. The molecule has 0 saturated carbocycles. The van der Waals surface area contributed by atoms with Gasteiger partial charge in [-0.05, 0) is 54.0 Å². The molecule has 0 fully saturated rings. The van der Waals surface area contributed by atoms with Gasteiger partial charge in [-0.3, -0.25) is 9.48 Å². The minimum Gasteiger partial charge on any atom is -0.389 e. The fourth-order valence-corrected chi connectivity index (χ4v) is 2.30. The quantitative estimate of drug-likeness (QED) is 0.815. The summed E-state index contributed by atoms with van der Waals surface area (Å²) in [5.41, 5.74) is 8.78. The highest BCUT2D eigenvalue weighted by Gasteiger charge is 2.12. The fraction of sp³-hybridized carbons (Fsp3) is 0.214. The Morgan fingerprint density at radius 3 is 2.48 bits per heavy atom. The molecule has 21 heavy (non-hydrogen) atoms. The predicted molar refractivity (Wildman–Crippen MR) is 90.4 cm³/mol. The van der Waals surface area contributed by atoms with E-state index in [1.54, 1.807) is 28.9 Å². The third-order valence-electron chi connectivity index (χ3n) is 3.04. The molecule has 1 aromatic carbocycles. The van der Waals surface area contributed by atoms with E-state index >= 15 is 0 Å². The van der Waals surface area contributed by atoms with E-state index in [-0.39, 0.29) is 12.5 Å². The number of rotatable bonds is 4. The lowest BCUT2D eigenvalue weighted by Crippen LogP contribution is -2.20. The average molecular weight is 367 g/mol. The van der Waals surface area contributed by atoms with E-state index < -0.39 is 0 Å². The minimum absolute atomic E-state index is 0.142. The molecule has 2 rings (SSSR count). The smallest absolute Gasteiger partial charge is 0.246 e. The van der Waals surface area contributed by atoms with Gasteiger partial charge in [0.25, 0.3) is 0 Å². The Morgan fingerprint density at radius 1 is 1.38 bits per heavy atom. The van der Waals surface area contributed by atoms with Crippen LogP contribution in [0.3, 0.4) is 0 Å². The van der Waals surface area contributed by atoms with Crippen molar-refractivity contribution in [1.82, 2.24) is 9.78 Å². The molecule has 0 atom stereocenters. The molecule has 0 radical (unpaired) electrons. The Kier molecular flexibility index (Phi) is 4.74. The van der Waals surface area contributed by atoms with Gasteiger partial charge < -0.3 is 11.1 Å². The SMILES string of the molecule is Cc1nn(CC(=O)Nc2ccc(C(N)=S)cc2)c(C)c1Br. The summed E-state index contributed by atoms with van der Waals surface area (Å²) >= 11 is 8.32. The Balaban J connectivity index is 2.04. The molecule has 1 heterocycles. The summed E-state index contributed by atoms with van der Waals surface area (Å²) in [5, 5.41) is 7.12. The highest BCUT2D eigenvalue weighted by atomic mass is 79.9. The van der Waals surface area contributed by atoms with Gasteiger partial charge in [-0.25, -0.2) is 0 Å². The number of nitrogens with zero attached hydrogens (tertiary/aromatic N) is 2. The van der Waals surface area contributed by atoms with Crippen LogP contribution in [0.1, 0.15) is 17.0 Å². The number of amides is 1. The number of aryl methyl sites for hydroxylation is 1. The van der Waals surface area contributed by atoms with Crippen LogP contribution in [0.25, 0.3) is 0 Å². The first-order valence-corrected chi connectivity index (χ1v) is 7.48. The van der Waals surface area contributed by atoms with E-state index in [1.165, 1.54) is 0 Å². The molecule has 0 aliphatic heterocycles. The van der Waals surface area contributed by atoms with E-state index in [0.29, 0.717) is 10.7 Å². The number of thiocarbonyl (C=S) groups is 1. The molecule has 1 amide bonds. The lowest BCUT2D eigenvalue weighted by Gasteiger charge is -2.07. The van der Waals surface area contributed by atoms with Crippen LogP contribution < -0.4 is 11.1 Å². The van der Waals surface area contributed by atoms with Crippen molar-refractivity contribution in [2.45, 2.75) is 20.4 Å². The summed E-state index contributed by atoms with van der Waals surface area (Å²) in [6, 6.07) is 7.09. The number of nitrogens with one attached hydrogen (secondary N) is 1. The monoisotopic (exact) mass is 366 g/mol. The van der Waals surface area contributed by atoms with Gasteiger partial charge in [0, 0.05) is 11.3 Å². The van der Waals surface area contributed by atoms with E-state index in [4.69, 9.17) is 18.0 Å². The molecule has 2 aromatic rings. The molecular weight excluding hydrogens is 352 g/mol. The number of aromatic nitrogens is 2. The molecular formula is C14H15BrN4OS. The fourth-order valence-electron chi connectivity index (χ4n) is 1.88. The average Bonchev–Trinajstić information content (AvgIpc) is 2.67. The van der Waals surface area contributed by atoms with E-state index in [2.05, 4.69) is 26.3 Å². The lowest BCUT2D eigenvalue weighted by molar-refractivity contribution is -0.116. The topological polar surface area (TPSA) is 72.9 Å². The maximum Gasteiger partial charge on any atom is 0.246 e. The van der Waals surface area contributed by atoms with Gasteiger partial charge in [-0.15, -0.1) is 0 Å². The predicted octanol–water partition coefficient (Wildman–Crippen LogP) is 2.54. The van der Waals surface area contributed by atoms with Crippen LogP contribution in [0.2, 0.25) is 0 Å². The van der Waals surface area contributed by atoms with Gasteiger partial charge in [-0.1, -0.05) is 12.2 Å². The molecule has 0 unspecified atom stereocenters. The first kappa shape index (κ1) is 15.7. The van der Waals surface area contributed by atoms with Crippen LogP contribution in [0.4, 0.5) is 5.69 Å². The van der Waals surface area contributed by atoms with Gasteiger partial charge in [0.1, 0.15) is 11.5 Å². The Morgan fingerprint density at radius 2 is 2.00 bits per heavy atom. The van der Waals surface area contributed by atoms with E-state index in [0.717, 1.165) is 21.4 Å². The maximum absolute atomic E-state index is 12.0. The van der Waals surface area contributed by atoms with Gasteiger partial charge in [0.05, 0.1) is 15.9 Å². The highest BCUT2D eigenvalue weighted by Crippen LogP contribution is 2.19. The van der Waals surface area contributed by atoms with Crippen LogP contribution in [0.15, 0.2) is 28.7 Å². The van der Waals surface area contributed by atoms with E-state index in [9.17, 15) is 4.79 Å². The lowest BCUT2D eigenvalue weighted by atomic mass is 10.2. The second-order valence-corrected chi connectivity index (χ2v) is 5.87. The normalized spacial score (nSPS) is 10.4. The number of nitrogens with two attached hydrogens (primary N) is 1. The Hall–Kier alpha value is -1.73. The zero-order chi connectivity index (χ0) is 15.6. The zero-order valence-electron chi connectivity index (χ0n) is 11.7. The molecule has 5 nitrogen and oxygen atoms in total. The van der Waals surface area contributed by atoms with Crippen molar-refractivity contribution < 1.29 is 4.79 Å². The van der Waals surface area contributed by atoms with Gasteiger partial charge in [0.2, 0.25) is 5.91 Å². The molecule has 7 heteroatoms. The number of anilines is 1. The van der Waals surface area contributed by atoms with Crippen molar-refractivity contribution in [2.24, 2.45) is 5.73 Å². The van der Waals surface area contributed by atoms with Crippen molar-refractivity contribution in [3.05, 3.63) is 45.7 Å². The Bertz CT molecular complexity index is 694. The van der Waals surface area contributed by atoms with Crippen LogP contribution in [-0.2, 0) is 11.3 Å². The molecule has 0 spiro atoms. The second kappa shape index (κ2) is 6.36. The van der Waals surface area contributed by atoms with Crippen molar-refractivity contribution in [3.8, 4) is 0 Å². The number of hydrogen-bond donors (Lipinski definition) is 2. The van der Waals surface area contributed by atoms with E-state index in [1.807, 2.05) is 13.8 Å². The van der Waals surface area contributed by atoms with Crippen molar-refractivity contribution in [2.75, 3.05) is 5.32 Å². The summed E-state index contributed by atoms with van der Waals surface area (Å²) in [4.78, 5) is 12.4. The standard InChI is InChI=1S/C14H15BrN4OS/c1-8-13(15)9(2)19(18-8)7-12(20)17-11-5-3-10(4-6-11)14(16)21/h3-6H,7H2,1-2H3,(H2,16,21)(H,17,20). The van der Waals surface area contributed by atoms with Crippen LogP contribution in [-0.4, -0.2) is 20.7 Å². The summed E-state index contributed by atoms with van der Waals surface area (Å²) in [5.74, 6) is -0.142. The number of halogens is 1. The highest BCUT2D eigenvalue weighted by molar-refractivity contribution is 9.10. The number of carbonyl (C=O) groups excluding carboxylic acids is 1. The minimum atomic E-state index is -0.142. The third-order valence-corrected chi connectivity index (χ3v) is 4.42. The largest absolute Gasteiger partial charge is 0.389 e. The molecule has 3 N–H and O–H groups in total. The van der Waals surface area contributed by atoms with Crippen LogP contribution >= 0.6 is 28.1 Å². The number of benzene rings is 1. The van der Waals surface area contributed by atoms with Gasteiger partial charge >= 0.3 is 0 Å². The summed E-state index contributed by atoms with van der Waals surface area (Å²) in [6.45, 7) is 3.96.